The molecule has 0 atom stereocenters. The Balaban J connectivity index is 1.44. The van der Waals surface area contributed by atoms with E-state index < -0.39 is 11.1 Å². The first-order valence-corrected chi connectivity index (χ1v) is 13.2. The van der Waals surface area contributed by atoms with Crippen LogP contribution in [-0.2, 0) is 11.3 Å². The van der Waals surface area contributed by atoms with Gasteiger partial charge >= 0.3 is 0 Å². The molecule has 0 bridgehead atoms. The van der Waals surface area contributed by atoms with E-state index in [4.69, 9.17) is 23.2 Å². The smallest absolute Gasteiger partial charge is 0.293 e. The molecule has 36 heavy (non-hydrogen) atoms. The van der Waals surface area contributed by atoms with Crippen molar-refractivity contribution in [2.75, 3.05) is 6.54 Å². The van der Waals surface area contributed by atoms with Crippen LogP contribution in [-0.4, -0.2) is 32.9 Å². The Morgan fingerprint density at radius 2 is 1.61 bits per heavy atom. The third kappa shape index (κ3) is 5.15. The highest BCUT2D eigenvalue weighted by molar-refractivity contribution is 9.10. The third-order valence-electron chi connectivity index (χ3n) is 5.77. The first-order valence-electron chi connectivity index (χ1n) is 10.9. The summed E-state index contributed by atoms with van der Waals surface area (Å²) >= 11 is 16.3. The quantitative estimate of drug-likeness (QED) is 0.168. The van der Waals surface area contributed by atoms with Crippen molar-refractivity contribution < 1.29 is 14.4 Å². The molecule has 0 N–H and O–H groups in total. The van der Waals surface area contributed by atoms with Crippen molar-refractivity contribution in [1.29, 1.82) is 0 Å². The van der Waals surface area contributed by atoms with Crippen LogP contribution in [0.25, 0.3) is 17.0 Å². The van der Waals surface area contributed by atoms with Crippen LogP contribution in [0, 0.1) is 0 Å². The molecular formula is C27H17BrCl2N2O3S. The number of hydrogen-bond acceptors (Lipinski definition) is 4. The zero-order valence-electron chi connectivity index (χ0n) is 18.6. The Kier molecular flexibility index (Phi) is 7.08. The molecule has 0 radical (unpaired) electrons. The summed E-state index contributed by atoms with van der Waals surface area (Å²) in [5.41, 5.74) is 3.25. The summed E-state index contributed by atoms with van der Waals surface area (Å²) in [7, 11) is 0. The van der Waals surface area contributed by atoms with Gasteiger partial charge in [0.2, 0.25) is 0 Å². The summed E-state index contributed by atoms with van der Waals surface area (Å²) < 4.78 is 2.99. The summed E-state index contributed by atoms with van der Waals surface area (Å²) in [6.45, 7) is 0.285. The number of Topliss-reactive ketones (excluding diaryl/α,β-unsaturated/α-hetero) is 1. The van der Waals surface area contributed by atoms with Crippen molar-refractivity contribution in [2.45, 2.75) is 6.54 Å². The highest BCUT2D eigenvalue weighted by atomic mass is 79.9. The largest absolute Gasteiger partial charge is 0.342 e. The maximum absolute atomic E-state index is 13.1. The molecule has 0 aliphatic carbocycles. The van der Waals surface area contributed by atoms with Crippen molar-refractivity contribution >= 4 is 84.8 Å². The van der Waals surface area contributed by atoms with Crippen LogP contribution < -0.4 is 0 Å². The number of benzene rings is 3. The van der Waals surface area contributed by atoms with Gasteiger partial charge in [-0.3, -0.25) is 19.3 Å². The molecule has 1 saturated heterocycles. The molecule has 5 nitrogen and oxygen atoms in total. The predicted molar refractivity (Wildman–Crippen MR) is 149 cm³/mol. The Bertz CT molecular complexity index is 1550. The van der Waals surface area contributed by atoms with Gasteiger partial charge in [-0.15, -0.1) is 0 Å². The van der Waals surface area contributed by atoms with Gasteiger partial charge in [0.05, 0.1) is 11.4 Å². The number of nitrogens with zero attached hydrogens (tertiary/aromatic N) is 2. The Morgan fingerprint density at radius 1 is 0.944 bits per heavy atom. The lowest BCUT2D eigenvalue weighted by Crippen LogP contribution is -2.33. The second-order valence-electron chi connectivity index (χ2n) is 8.20. The zero-order chi connectivity index (χ0) is 25.4. The molecule has 0 saturated carbocycles. The number of hydrogen-bond donors (Lipinski definition) is 0. The Morgan fingerprint density at radius 3 is 2.31 bits per heavy atom. The van der Waals surface area contributed by atoms with Gasteiger partial charge in [-0.25, -0.2) is 0 Å². The van der Waals surface area contributed by atoms with Crippen LogP contribution >= 0.6 is 50.9 Å². The second kappa shape index (κ2) is 10.3. The van der Waals surface area contributed by atoms with Gasteiger partial charge in [-0.1, -0.05) is 51.3 Å². The molecule has 2 amide bonds. The van der Waals surface area contributed by atoms with Crippen molar-refractivity contribution in [3.05, 3.63) is 109 Å². The lowest BCUT2D eigenvalue weighted by Gasteiger charge is -2.11. The lowest BCUT2D eigenvalue weighted by atomic mass is 10.1. The van der Waals surface area contributed by atoms with Gasteiger partial charge in [0.15, 0.2) is 5.78 Å². The minimum Gasteiger partial charge on any atom is -0.342 e. The molecule has 1 aromatic heterocycles. The summed E-state index contributed by atoms with van der Waals surface area (Å²) in [6, 6.07) is 19.9. The molecule has 2 heterocycles. The molecule has 0 spiro atoms. The van der Waals surface area contributed by atoms with Gasteiger partial charge in [-0.05, 0) is 78.0 Å². The maximum Gasteiger partial charge on any atom is 0.293 e. The Labute approximate surface area is 229 Å². The monoisotopic (exact) mass is 598 g/mol. The molecule has 180 valence electrons. The van der Waals surface area contributed by atoms with E-state index in [1.807, 2.05) is 48.7 Å². The average molecular weight is 600 g/mol. The van der Waals surface area contributed by atoms with Crippen molar-refractivity contribution in [2.24, 2.45) is 0 Å². The fourth-order valence-corrected chi connectivity index (χ4v) is 5.42. The molecule has 5 rings (SSSR count). The summed E-state index contributed by atoms with van der Waals surface area (Å²) in [4.78, 5) is 39.6. The second-order valence-corrected chi connectivity index (χ2v) is 11.0. The van der Waals surface area contributed by atoms with E-state index in [0.29, 0.717) is 22.2 Å². The maximum atomic E-state index is 13.1. The number of fused-ring (bicyclic) bond motifs is 1. The number of carbonyl (C=O) groups excluding carboxylic acids is 3. The number of thioether (sulfide) groups is 1. The molecule has 9 heteroatoms. The normalized spacial score (nSPS) is 14.9. The molecule has 3 aromatic carbocycles. The van der Waals surface area contributed by atoms with E-state index in [1.165, 1.54) is 0 Å². The fourth-order valence-electron chi connectivity index (χ4n) is 3.98. The molecule has 1 fully saturated rings. The number of halogens is 3. The zero-order valence-corrected chi connectivity index (χ0v) is 22.5. The first-order chi connectivity index (χ1) is 17.3. The van der Waals surface area contributed by atoms with Crippen LogP contribution in [0.2, 0.25) is 10.0 Å². The van der Waals surface area contributed by atoms with Gasteiger partial charge in [0.1, 0.15) is 0 Å². The van der Waals surface area contributed by atoms with Crippen LogP contribution in [0.4, 0.5) is 4.79 Å². The predicted octanol–water partition coefficient (Wildman–Crippen LogP) is 7.68. The fraction of sp³-hybridized carbons (Fsp3) is 0.0741. The van der Waals surface area contributed by atoms with E-state index in [2.05, 4.69) is 20.5 Å². The molecule has 0 unspecified atom stereocenters. The first kappa shape index (κ1) is 24.8. The summed E-state index contributed by atoms with van der Waals surface area (Å²) in [5, 5.41) is 1.63. The van der Waals surface area contributed by atoms with Crippen molar-refractivity contribution in [1.82, 2.24) is 9.47 Å². The van der Waals surface area contributed by atoms with Gasteiger partial charge in [0.25, 0.3) is 11.1 Å². The minimum atomic E-state index is -0.485. The Hall–Kier alpha value is -2.84. The molecular weight excluding hydrogens is 583 g/mol. The van der Waals surface area contributed by atoms with E-state index >= 15 is 0 Å². The number of amides is 2. The minimum absolute atomic E-state index is 0.273. The molecule has 4 aromatic rings. The summed E-state index contributed by atoms with van der Waals surface area (Å²) in [6.07, 6.45) is 3.67. The van der Waals surface area contributed by atoms with Gasteiger partial charge < -0.3 is 4.57 Å². The third-order valence-corrected chi connectivity index (χ3v) is 7.67. The van der Waals surface area contributed by atoms with E-state index in [0.717, 1.165) is 43.2 Å². The van der Waals surface area contributed by atoms with Crippen LogP contribution in [0.3, 0.4) is 0 Å². The van der Waals surface area contributed by atoms with Crippen molar-refractivity contribution in [3.8, 4) is 0 Å². The van der Waals surface area contributed by atoms with Gasteiger partial charge in [-0.2, -0.15) is 0 Å². The highest BCUT2D eigenvalue weighted by Crippen LogP contribution is 2.35. The molecule has 1 aliphatic heterocycles. The topological polar surface area (TPSA) is 59.4 Å². The highest BCUT2D eigenvalue weighted by Gasteiger charge is 2.36. The molecule has 1 aliphatic rings. The van der Waals surface area contributed by atoms with Crippen LogP contribution in [0.5, 0.6) is 0 Å². The number of rotatable bonds is 6. The van der Waals surface area contributed by atoms with Crippen LogP contribution in [0.15, 0.2) is 82.3 Å². The number of aromatic nitrogens is 1. The van der Waals surface area contributed by atoms with Crippen molar-refractivity contribution in [3.63, 3.8) is 0 Å². The van der Waals surface area contributed by atoms with Crippen LogP contribution in [0.1, 0.15) is 21.5 Å². The van der Waals surface area contributed by atoms with E-state index in [-0.39, 0.29) is 17.2 Å². The average Bonchev–Trinajstić information content (AvgIpc) is 3.32. The lowest BCUT2D eigenvalue weighted by molar-refractivity contribution is -0.122. The standard InChI is InChI=1S/C27H17BrCl2N2O3S/c28-19-5-10-23-22(12-19)18(14-31(23)13-16-1-6-20(29)7-2-16)11-25-26(34)32(27(35)36-25)15-24(33)17-3-8-21(30)9-4-17/h1-12,14H,13,15H2/b25-11-. The number of carbonyl (C=O) groups is 3. The van der Waals surface area contributed by atoms with E-state index in [9.17, 15) is 14.4 Å². The van der Waals surface area contributed by atoms with Gasteiger partial charge in [0, 0.05) is 49.3 Å². The number of imide groups is 1. The summed E-state index contributed by atoms with van der Waals surface area (Å²) in [5.74, 6) is -0.820. The number of ketones is 1. The SMILES string of the molecule is O=C(CN1C(=O)S/C(=C\c2cn(Cc3ccc(Cl)cc3)c3ccc(Br)cc23)C1=O)c1ccc(Cl)cc1. The van der Waals surface area contributed by atoms with E-state index in [1.54, 1.807) is 30.3 Å².